The summed E-state index contributed by atoms with van der Waals surface area (Å²) in [5.74, 6) is 0.471. The Labute approximate surface area is 114 Å². The number of aromatic nitrogens is 1. The van der Waals surface area contributed by atoms with Crippen molar-refractivity contribution in [3.63, 3.8) is 0 Å². The van der Waals surface area contributed by atoms with Crippen LogP contribution in [0, 0.1) is 5.92 Å². The molecule has 3 heteroatoms. The van der Waals surface area contributed by atoms with Crippen LogP contribution in [0.5, 0.6) is 0 Å². The Bertz CT molecular complexity index is 578. The molecule has 3 nitrogen and oxygen atoms in total. The van der Waals surface area contributed by atoms with E-state index in [0.29, 0.717) is 11.6 Å². The molecule has 100 valence electrons. The van der Waals surface area contributed by atoms with Crippen molar-refractivity contribution in [3.05, 3.63) is 42.2 Å². The molecule has 1 aromatic carbocycles. The average molecular weight is 256 g/mol. The highest BCUT2D eigenvalue weighted by Crippen LogP contribution is 2.13. The van der Waals surface area contributed by atoms with Crippen LogP contribution in [0.1, 0.15) is 37.7 Å². The second-order valence-electron chi connectivity index (χ2n) is 5.42. The summed E-state index contributed by atoms with van der Waals surface area (Å²) in [6.07, 6.45) is 2.72. The summed E-state index contributed by atoms with van der Waals surface area (Å²) < 4.78 is 0. The van der Waals surface area contributed by atoms with E-state index in [9.17, 15) is 4.79 Å². The molecule has 2 aromatic rings. The number of hydrogen-bond acceptors (Lipinski definition) is 2. The van der Waals surface area contributed by atoms with E-state index in [0.717, 1.165) is 17.2 Å². The predicted molar refractivity (Wildman–Crippen MR) is 78.1 cm³/mol. The van der Waals surface area contributed by atoms with Crippen LogP contribution in [-0.4, -0.2) is 16.9 Å². The zero-order chi connectivity index (χ0) is 13.8. The molecule has 0 saturated carbocycles. The van der Waals surface area contributed by atoms with Gasteiger partial charge in [0.25, 0.3) is 5.91 Å². The number of carbonyl (C=O) groups is 1. The summed E-state index contributed by atoms with van der Waals surface area (Å²) in [6, 6.07) is 9.92. The van der Waals surface area contributed by atoms with Gasteiger partial charge < -0.3 is 5.32 Å². The van der Waals surface area contributed by atoms with Gasteiger partial charge in [0.1, 0.15) is 5.69 Å². The van der Waals surface area contributed by atoms with Gasteiger partial charge >= 0.3 is 0 Å². The first-order valence-corrected chi connectivity index (χ1v) is 6.72. The highest BCUT2D eigenvalue weighted by Gasteiger charge is 2.12. The monoisotopic (exact) mass is 256 g/mol. The maximum absolute atomic E-state index is 12.1. The van der Waals surface area contributed by atoms with E-state index in [2.05, 4.69) is 24.1 Å². The lowest BCUT2D eigenvalue weighted by atomic mass is 10.1. The first-order valence-electron chi connectivity index (χ1n) is 6.72. The van der Waals surface area contributed by atoms with Gasteiger partial charge in [-0.25, -0.2) is 0 Å². The zero-order valence-electron chi connectivity index (χ0n) is 11.7. The molecule has 1 aromatic heterocycles. The quantitative estimate of drug-likeness (QED) is 0.911. The molecule has 2 rings (SSSR count). The van der Waals surface area contributed by atoms with Crippen molar-refractivity contribution >= 4 is 16.7 Å². The van der Waals surface area contributed by atoms with E-state index in [1.165, 1.54) is 0 Å². The number of hydrogen-bond donors (Lipinski definition) is 1. The summed E-state index contributed by atoms with van der Waals surface area (Å²) in [5.41, 5.74) is 0.481. The Morgan fingerprint density at radius 1 is 1.21 bits per heavy atom. The Hall–Kier alpha value is -1.90. The molecule has 0 bridgehead atoms. The zero-order valence-corrected chi connectivity index (χ0v) is 11.7. The normalized spacial score (nSPS) is 12.6. The van der Waals surface area contributed by atoms with Crippen molar-refractivity contribution in [1.29, 1.82) is 0 Å². The fraction of sp³-hybridized carbons (Fsp3) is 0.375. The van der Waals surface area contributed by atoms with E-state index < -0.39 is 0 Å². The van der Waals surface area contributed by atoms with Crippen LogP contribution in [0.4, 0.5) is 0 Å². The number of benzene rings is 1. The molecule has 0 saturated heterocycles. The van der Waals surface area contributed by atoms with Crippen LogP contribution in [0.2, 0.25) is 0 Å². The Morgan fingerprint density at radius 3 is 2.58 bits per heavy atom. The van der Waals surface area contributed by atoms with Crippen LogP contribution >= 0.6 is 0 Å². The minimum atomic E-state index is -0.0982. The summed E-state index contributed by atoms with van der Waals surface area (Å²) in [6.45, 7) is 6.33. The molecule has 0 aliphatic carbocycles. The minimum Gasteiger partial charge on any atom is -0.348 e. The first-order chi connectivity index (χ1) is 9.06. The van der Waals surface area contributed by atoms with Crippen LogP contribution in [-0.2, 0) is 0 Å². The summed E-state index contributed by atoms with van der Waals surface area (Å²) >= 11 is 0. The molecular weight excluding hydrogens is 236 g/mol. The van der Waals surface area contributed by atoms with Crippen LogP contribution in [0.15, 0.2) is 36.5 Å². The van der Waals surface area contributed by atoms with E-state index >= 15 is 0 Å². The summed E-state index contributed by atoms with van der Waals surface area (Å²) in [7, 11) is 0. The third kappa shape index (κ3) is 3.53. The molecule has 0 aliphatic heterocycles. The molecule has 1 heterocycles. The number of amides is 1. The SMILES string of the molecule is CC(C)CC(C)NC(=O)c1cc2ccccc2cn1. The van der Waals surface area contributed by atoms with Gasteiger partial charge in [0.15, 0.2) is 0 Å². The van der Waals surface area contributed by atoms with Gasteiger partial charge in [-0.05, 0) is 30.7 Å². The minimum absolute atomic E-state index is 0.0982. The van der Waals surface area contributed by atoms with Gasteiger partial charge in [-0.15, -0.1) is 0 Å². The summed E-state index contributed by atoms with van der Waals surface area (Å²) in [5, 5.41) is 5.08. The Balaban J connectivity index is 2.13. The fourth-order valence-electron chi connectivity index (χ4n) is 2.27. The predicted octanol–water partition coefficient (Wildman–Crippen LogP) is 3.40. The fourth-order valence-corrected chi connectivity index (χ4v) is 2.27. The number of nitrogens with one attached hydrogen (secondary N) is 1. The number of nitrogens with zero attached hydrogens (tertiary/aromatic N) is 1. The van der Waals surface area contributed by atoms with E-state index in [-0.39, 0.29) is 11.9 Å². The molecule has 0 aliphatic rings. The second-order valence-corrected chi connectivity index (χ2v) is 5.42. The van der Waals surface area contributed by atoms with Gasteiger partial charge in [-0.2, -0.15) is 0 Å². The Kier molecular flexibility index (Phi) is 4.15. The lowest BCUT2D eigenvalue weighted by Gasteiger charge is -2.15. The van der Waals surface area contributed by atoms with E-state index in [1.807, 2.05) is 37.3 Å². The number of pyridine rings is 1. The molecule has 0 spiro atoms. The molecule has 19 heavy (non-hydrogen) atoms. The smallest absolute Gasteiger partial charge is 0.270 e. The highest BCUT2D eigenvalue weighted by molar-refractivity contribution is 5.96. The van der Waals surface area contributed by atoms with Gasteiger partial charge in [0, 0.05) is 17.6 Å². The molecule has 0 fully saturated rings. The number of rotatable bonds is 4. The lowest BCUT2D eigenvalue weighted by Crippen LogP contribution is -2.33. The average Bonchev–Trinajstić information content (AvgIpc) is 2.37. The topological polar surface area (TPSA) is 42.0 Å². The Morgan fingerprint density at radius 2 is 1.89 bits per heavy atom. The molecule has 1 unspecified atom stereocenters. The largest absolute Gasteiger partial charge is 0.348 e. The highest BCUT2D eigenvalue weighted by atomic mass is 16.1. The van der Waals surface area contributed by atoms with Gasteiger partial charge in [0.2, 0.25) is 0 Å². The molecule has 0 radical (unpaired) electrons. The van der Waals surface area contributed by atoms with Crippen molar-refractivity contribution in [2.75, 3.05) is 0 Å². The second kappa shape index (κ2) is 5.83. The standard InChI is InChI=1S/C16H20N2O/c1-11(2)8-12(3)18-16(19)15-9-13-6-4-5-7-14(13)10-17-15/h4-7,9-12H,8H2,1-3H3,(H,18,19). The molecule has 1 amide bonds. The third-order valence-electron chi connectivity index (χ3n) is 3.07. The molecular formula is C16H20N2O. The maximum atomic E-state index is 12.1. The lowest BCUT2D eigenvalue weighted by molar-refractivity contribution is 0.0931. The maximum Gasteiger partial charge on any atom is 0.270 e. The van der Waals surface area contributed by atoms with Crippen molar-refractivity contribution in [3.8, 4) is 0 Å². The molecule has 1 atom stereocenters. The number of fused-ring (bicyclic) bond motifs is 1. The van der Waals surface area contributed by atoms with Crippen molar-refractivity contribution in [1.82, 2.24) is 10.3 Å². The summed E-state index contributed by atoms with van der Waals surface area (Å²) in [4.78, 5) is 16.3. The van der Waals surface area contributed by atoms with Crippen LogP contribution in [0.3, 0.4) is 0 Å². The van der Waals surface area contributed by atoms with Gasteiger partial charge in [-0.3, -0.25) is 9.78 Å². The third-order valence-corrected chi connectivity index (χ3v) is 3.07. The van der Waals surface area contributed by atoms with Crippen molar-refractivity contribution in [2.24, 2.45) is 5.92 Å². The van der Waals surface area contributed by atoms with Crippen LogP contribution < -0.4 is 5.32 Å². The van der Waals surface area contributed by atoms with E-state index in [1.54, 1.807) is 6.20 Å². The van der Waals surface area contributed by atoms with Gasteiger partial charge in [0.05, 0.1) is 0 Å². The van der Waals surface area contributed by atoms with E-state index in [4.69, 9.17) is 0 Å². The van der Waals surface area contributed by atoms with Crippen molar-refractivity contribution in [2.45, 2.75) is 33.2 Å². The first kappa shape index (κ1) is 13.5. The molecule has 1 N–H and O–H groups in total. The van der Waals surface area contributed by atoms with Gasteiger partial charge in [-0.1, -0.05) is 38.1 Å². The van der Waals surface area contributed by atoms with Crippen molar-refractivity contribution < 1.29 is 4.79 Å². The number of carbonyl (C=O) groups excluding carboxylic acids is 1. The van der Waals surface area contributed by atoms with Crippen LogP contribution in [0.25, 0.3) is 10.8 Å².